The van der Waals surface area contributed by atoms with Gasteiger partial charge in [0.25, 0.3) is 0 Å². The second kappa shape index (κ2) is 7.70. The van der Waals surface area contributed by atoms with Crippen molar-refractivity contribution in [3.63, 3.8) is 0 Å². The highest BCUT2D eigenvalue weighted by atomic mass is 16.7. The van der Waals surface area contributed by atoms with Crippen LogP contribution in [0.25, 0.3) is 11.1 Å². The zero-order valence-corrected chi connectivity index (χ0v) is 19.1. The summed E-state index contributed by atoms with van der Waals surface area (Å²) in [4.78, 5) is 13.4. The minimum atomic E-state index is -0.487. The van der Waals surface area contributed by atoms with Gasteiger partial charge >= 0.3 is 0 Å². The first-order chi connectivity index (χ1) is 15.4. The van der Waals surface area contributed by atoms with Crippen molar-refractivity contribution in [3.05, 3.63) is 76.9 Å². The van der Waals surface area contributed by atoms with Crippen LogP contribution in [0.1, 0.15) is 54.9 Å². The van der Waals surface area contributed by atoms with Crippen LogP contribution in [0.3, 0.4) is 0 Å². The van der Waals surface area contributed by atoms with Gasteiger partial charge in [-0.2, -0.15) is 0 Å². The van der Waals surface area contributed by atoms with E-state index in [4.69, 9.17) is 9.47 Å². The Balaban J connectivity index is 1.43. The molecule has 1 heterocycles. The lowest BCUT2D eigenvalue weighted by Gasteiger charge is -2.18. The molecular formula is C28H29NO3. The van der Waals surface area contributed by atoms with E-state index in [2.05, 4.69) is 63.3 Å². The molecule has 3 aromatic carbocycles. The Morgan fingerprint density at radius 2 is 1.56 bits per heavy atom. The van der Waals surface area contributed by atoms with E-state index in [1.54, 1.807) is 0 Å². The molecule has 0 bridgehead atoms. The van der Waals surface area contributed by atoms with Gasteiger partial charge in [-0.05, 0) is 90.3 Å². The molecule has 0 unspecified atom stereocenters. The third-order valence-corrected chi connectivity index (χ3v) is 6.82. The zero-order valence-electron chi connectivity index (χ0n) is 19.1. The second-order valence-electron chi connectivity index (χ2n) is 9.36. The maximum absolute atomic E-state index is 13.4. The summed E-state index contributed by atoms with van der Waals surface area (Å²) >= 11 is 0. The van der Waals surface area contributed by atoms with Crippen molar-refractivity contribution in [2.75, 3.05) is 12.1 Å². The van der Waals surface area contributed by atoms with Crippen LogP contribution < -0.4 is 14.8 Å². The van der Waals surface area contributed by atoms with Crippen LogP contribution in [-0.2, 0) is 10.2 Å². The molecule has 1 aliphatic heterocycles. The quantitative estimate of drug-likeness (QED) is 0.506. The number of nitrogens with one attached hydrogen (secondary N) is 1. The van der Waals surface area contributed by atoms with E-state index >= 15 is 0 Å². The van der Waals surface area contributed by atoms with E-state index in [0.29, 0.717) is 5.92 Å². The average molecular weight is 428 g/mol. The maximum atomic E-state index is 13.4. The molecule has 3 aromatic rings. The fraction of sp³-hybridized carbons (Fsp3) is 0.321. The lowest BCUT2D eigenvalue weighted by molar-refractivity contribution is -0.118. The molecule has 2 aliphatic rings. The van der Waals surface area contributed by atoms with Crippen molar-refractivity contribution in [1.29, 1.82) is 0 Å². The van der Waals surface area contributed by atoms with Gasteiger partial charge in [-0.15, -0.1) is 0 Å². The zero-order chi connectivity index (χ0) is 22.5. The number of anilines is 1. The third kappa shape index (κ3) is 3.54. The smallest absolute Gasteiger partial charge is 0.235 e. The first kappa shape index (κ1) is 20.6. The SMILES string of the molecule is Cc1ccc(NC(=O)C2(c3ccc4c(c3)OCO4)CC2)cc1-c1cc(C(C)C)ccc1C. The standard InChI is InChI=1S/C28H29NO3/c1-17(2)20-7-5-18(3)23(13-20)24-15-22(9-6-19(24)4)29-27(30)28(11-12-28)21-8-10-25-26(14-21)32-16-31-25/h5-10,13-15,17H,11-12,16H2,1-4H3,(H,29,30). The molecule has 1 fully saturated rings. The topological polar surface area (TPSA) is 47.6 Å². The van der Waals surface area contributed by atoms with E-state index in [-0.39, 0.29) is 12.7 Å². The van der Waals surface area contributed by atoms with E-state index in [1.807, 2.05) is 24.3 Å². The number of benzene rings is 3. The number of amides is 1. The van der Waals surface area contributed by atoms with Crippen molar-refractivity contribution in [3.8, 4) is 22.6 Å². The molecule has 5 rings (SSSR count). The van der Waals surface area contributed by atoms with Gasteiger partial charge in [-0.1, -0.05) is 44.2 Å². The van der Waals surface area contributed by atoms with Gasteiger partial charge < -0.3 is 14.8 Å². The molecule has 1 amide bonds. The molecule has 0 aromatic heterocycles. The van der Waals surface area contributed by atoms with Crippen molar-refractivity contribution in [1.82, 2.24) is 0 Å². The lowest BCUT2D eigenvalue weighted by Crippen LogP contribution is -2.27. The van der Waals surface area contributed by atoms with Crippen LogP contribution in [0.15, 0.2) is 54.6 Å². The molecule has 4 nitrogen and oxygen atoms in total. The average Bonchev–Trinajstić information content (AvgIpc) is 3.46. The van der Waals surface area contributed by atoms with Crippen LogP contribution in [0, 0.1) is 13.8 Å². The van der Waals surface area contributed by atoms with Gasteiger partial charge in [0.15, 0.2) is 11.5 Å². The van der Waals surface area contributed by atoms with E-state index < -0.39 is 5.41 Å². The molecule has 32 heavy (non-hydrogen) atoms. The summed E-state index contributed by atoms with van der Waals surface area (Å²) in [5, 5.41) is 3.19. The number of ether oxygens (including phenoxy) is 2. The number of rotatable bonds is 5. The summed E-state index contributed by atoms with van der Waals surface area (Å²) in [5.41, 5.74) is 7.48. The number of carbonyl (C=O) groups excluding carboxylic acids is 1. The van der Waals surface area contributed by atoms with E-state index in [1.165, 1.54) is 22.3 Å². The van der Waals surface area contributed by atoms with E-state index in [0.717, 1.165) is 41.2 Å². The molecule has 4 heteroatoms. The van der Waals surface area contributed by atoms with Crippen molar-refractivity contribution in [2.24, 2.45) is 0 Å². The monoisotopic (exact) mass is 427 g/mol. The Kier molecular flexibility index (Phi) is 4.96. The van der Waals surface area contributed by atoms with Gasteiger partial charge in [0.2, 0.25) is 12.7 Å². The van der Waals surface area contributed by atoms with Crippen LogP contribution in [0.4, 0.5) is 5.69 Å². The largest absolute Gasteiger partial charge is 0.454 e. The van der Waals surface area contributed by atoms with Gasteiger partial charge in [0, 0.05) is 5.69 Å². The van der Waals surface area contributed by atoms with Crippen molar-refractivity contribution < 1.29 is 14.3 Å². The number of fused-ring (bicyclic) bond motifs is 1. The Morgan fingerprint density at radius 3 is 2.28 bits per heavy atom. The summed E-state index contributed by atoms with van der Waals surface area (Å²) in [6.45, 7) is 8.92. The highest BCUT2D eigenvalue weighted by molar-refractivity contribution is 6.02. The molecule has 164 valence electrons. The Bertz CT molecular complexity index is 1210. The number of aryl methyl sites for hydroxylation is 2. The number of hydrogen-bond donors (Lipinski definition) is 1. The molecule has 0 radical (unpaired) electrons. The predicted octanol–water partition coefficient (Wildman–Crippen LogP) is 6.49. The molecule has 1 N–H and O–H groups in total. The van der Waals surface area contributed by atoms with E-state index in [9.17, 15) is 4.79 Å². The highest BCUT2D eigenvalue weighted by Crippen LogP contribution is 2.51. The number of carbonyl (C=O) groups is 1. The fourth-order valence-electron chi connectivity index (χ4n) is 4.50. The fourth-order valence-corrected chi connectivity index (χ4v) is 4.50. The first-order valence-corrected chi connectivity index (χ1v) is 11.3. The second-order valence-corrected chi connectivity index (χ2v) is 9.36. The lowest BCUT2D eigenvalue weighted by atomic mass is 9.91. The van der Waals surface area contributed by atoms with Crippen LogP contribution in [-0.4, -0.2) is 12.7 Å². The highest BCUT2D eigenvalue weighted by Gasteiger charge is 2.51. The van der Waals surface area contributed by atoms with Crippen molar-refractivity contribution >= 4 is 11.6 Å². The summed E-state index contributed by atoms with van der Waals surface area (Å²) in [5.74, 6) is 1.97. The minimum Gasteiger partial charge on any atom is -0.454 e. The normalized spacial score (nSPS) is 15.7. The number of hydrogen-bond acceptors (Lipinski definition) is 3. The Labute approximate surface area is 189 Å². The third-order valence-electron chi connectivity index (χ3n) is 6.82. The Morgan fingerprint density at radius 1 is 0.875 bits per heavy atom. The Hall–Kier alpha value is -3.27. The van der Waals surface area contributed by atoms with Gasteiger partial charge in [0.05, 0.1) is 5.41 Å². The molecule has 1 aliphatic carbocycles. The molecule has 0 spiro atoms. The van der Waals surface area contributed by atoms with Crippen LogP contribution >= 0.6 is 0 Å². The van der Waals surface area contributed by atoms with Gasteiger partial charge in [0.1, 0.15) is 0 Å². The summed E-state index contributed by atoms with van der Waals surface area (Å²) in [7, 11) is 0. The van der Waals surface area contributed by atoms with Crippen LogP contribution in [0.5, 0.6) is 11.5 Å². The summed E-state index contributed by atoms with van der Waals surface area (Å²) in [6.07, 6.45) is 1.68. The maximum Gasteiger partial charge on any atom is 0.235 e. The van der Waals surface area contributed by atoms with Gasteiger partial charge in [-0.25, -0.2) is 0 Å². The summed E-state index contributed by atoms with van der Waals surface area (Å²) < 4.78 is 10.9. The summed E-state index contributed by atoms with van der Waals surface area (Å²) in [6, 6.07) is 18.7. The minimum absolute atomic E-state index is 0.0406. The van der Waals surface area contributed by atoms with Gasteiger partial charge in [-0.3, -0.25) is 4.79 Å². The molecule has 1 saturated carbocycles. The predicted molar refractivity (Wildman–Crippen MR) is 128 cm³/mol. The first-order valence-electron chi connectivity index (χ1n) is 11.3. The molecule has 0 atom stereocenters. The van der Waals surface area contributed by atoms with Crippen molar-refractivity contribution in [2.45, 2.75) is 51.9 Å². The van der Waals surface area contributed by atoms with Crippen LogP contribution in [0.2, 0.25) is 0 Å². The molecular weight excluding hydrogens is 398 g/mol. The molecule has 0 saturated heterocycles.